The van der Waals surface area contributed by atoms with Gasteiger partial charge in [0.1, 0.15) is 12.2 Å². The van der Waals surface area contributed by atoms with Crippen LogP contribution in [0.2, 0.25) is 0 Å². The van der Waals surface area contributed by atoms with Crippen molar-refractivity contribution in [3.05, 3.63) is 0 Å². The molecule has 0 spiro atoms. The number of hydrogen-bond donors (Lipinski definition) is 2. The molecule has 2 N–H and O–H groups in total. The minimum Gasteiger partial charge on any atom is -0.394 e. The molecule has 0 unspecified atom stereocenters. The second-order valence-corrected chi connectivity index (χ2v) is 4.02. The lowest BCUT2D eigenvalue weighted by atomic mass is 10.1. The van der Waals surface area contributed by atoms with Gasteiger partial charge in [-0.15, -0.1) is 0 Å². The molecule has 1 rings (SSSR count). The van der Waals surface area contributed by atoms with E-state index in [0.29, 0.717) is 0 Å². The van der Waals surface area contributed by atoms with E-state index < -0.39 is 30.4 Å². The molecule has 6 heteroatoms. The van der Waals surface area contributed by atoms with Gasteiger partial charge in [-0.25, -0.2) is 0 Å². The van der Waals surface area contributed by atoms with Gasteiger partial charge in [-0.3, -0.25) is 0 Å². The van der Waals surface area contributed by atoms with Gasteiger partial charge in [-0.1, -0.05) is 0 Å². The highest BCUT2D eigenvalue weighted by Crippen LogP contribution is 2.36. The average Bonchev–Trinajstić information content (AvgIpc) is 2.31. The van der Waals surface area contributed by atoms with Gasteiger partial charge in [0, 0.05) is 14.2 Å². The van der Waals surface area contributed by atoms with E-state index in [0.717, 1.165) is 0 Å². The Morgan fingerprint density at radius 1 is 1.31 bits per heavy atom. The Morgan fingerprint density at radius 2 is 1.88 bits per heavy atom. The third-order valence-electron chi connectivity index (χ3n) is 3.12. The Hall–Kier alpha value is -0.240. The molecule has 4 atom stereocenters. The molecule has 0 aromatic heterocycles. The van der Waals surface area contributed by atoms with E-state index in [1.165, 1.54) is 14.2 Å². The van der Waals surface area contributed by atoms with Crippen molar-refractivity contribution in [1.82, 2.24) is 0 Å². The van der Waals surface area contributed by atoms with Crippen LogP contribution in [0.5, 0.6) is 0 Å². The van der Waals surface area contributed by atoms with Crippen molar-refractivity contribution in [1.29, 1.82) is 0 Å². The monoisotopic (exact) mass is 236 g/mol. The first kappa shape index (κ1) is 13.8. The maximum atomic E-state index is 9.50. The maximum absolute atomic E-state index is 9.50. The van der Waals surface area contributed by atoms with E-state index in [2.05, 4.69) is 0 Å². The van der Waals surface area contributed by atoms with E-state index in [-0.39, 0.29) is 6.61 Å². The summed E-state index contributed by atoms with van der Waals surface area (Å²) < 4.78 is 21.6. The molecule has 1 heterocycles. The van der Waals surface area contributed by atoms with Crippen molar-refractivity contribution in [2.45, 2.75) is 37.6 Å². The van der Waals surface area contributed by atoms with Crippen LogP contribution in [-0.4, -0.2) is 61.4 Å². The second-order valence-electron chi connectivity index (χ2n) is 4.02. The van der Waals surface area contributed by atoms with E-state index in [4.69, 9.17) is 24.1 Å². The quantitative estimate of drug-likeness (QED) is 0.684. The molecule has 96 valence electrons. The summed E-state index contributed by atoms with van der Waals surface area (Å²) >= 11 is 0. The first-order valence-corrected chi connectivity index (χ1v) is 5.13. The fourth-order valence-electron chi connectivity index (χ4n) is 1.59. The zero-order valence-corrected chi connectivity index (χ0v) is 10.1. The van der Waals surface area contributed by atoms with Crippen molar-refractivity contribution < 1.29 is 29.2 Å². The summed E-state index contributed by atoms with van der Waals surface area (Å²) in [5.74, 6) is -2.19. The van der Waals surface area contributed by atoms with E-state index in [1.807, 2.05) is 0 Å². The molecule has 0 amide bonds. The van der Waals surface area contributed by atoms with Gasteiger partial charge in [0.05, 0.1) is 13.2 Å². The highest BCUT2D eigenvalue weighted by Gasteiger charge is 2.54. The smallest absolute Gasteiger partial charge is 0.220 e. The third kappa shape index (κ3) is 2.22. The summed E-state index contributed by atoms with van der Waals surface area (Å²) in [6.07, 6.45) is -1.64. The Balaban J connectivity index is 2.81. The zero-order valence-electron chi connectivity index (χ0n) is 10.1. The van der Waals surface area contributed by atoms with E-state index >= 15 is 0 Å². The lowest BCUT2D eigenvalue weighted by Crippen LogP contribution is -2.64. The number of rotatable bonds is 4. The molecule has 0 aromatic carbocycles. The van der Waals surface area contributed by atoms with Crippen LogP contribution in [0, 0.1) is 0 Å². The molecule has 1 fully saturated rings. The molecule has 0 radical (unpaired) electrons. The predicted octanol–water partition coefficient (Wildman–Crippen LogP) is -0.520. The van der Waals surface area contributed by atoms with Gasteiger partial charge in [0.15, 0.2) is 0 Å². The molecule has 1 aliphatic rings. The van der Waals surface area contributed by atoms with Crippen LogP contribution >= 0.6 is 0 Å². The fourth-order valence-corrected chi connectivity index (χ4v) is 1.59. The fraction of sp³-hybridized carbons (Fsp3) is 1.00. The Bertz CT molecular complexity index is 235. The SMILES string of the molecule is CO[C@@]1(C)OC[C@@H]([C@@H](O)CO)O[C@]1(C)OC. The van der Waals surface area contributed by atoms with Crippen LogP contribution < -0.4 is 0 Å². The normalized spacial score (nSPS) is 42.0. The van der Waals surface area contributed by atoms with Crippen LogP contribution in [0.1, 0.15) is 13.8 Å². The summed E-state index contributed by atoms with van der Waals surface area (Å²) in [6.45, 7) is 3.09. The highest BCUT2D eigenvalue weighted by atomic mass is 16.8. The zero-order chi connectivity index (χ0) is 12.4. The second kappa shape index (κ2) is 4.95. The lowest BCUT2D eigenvalue weighted by molar-refractivity contribution is -0.437. The topological polar surface area (TPSA) is 77.4 Å². The van der Waals surface area contributed by atoms with Gasteiger partial charge in [-0.05, 0) is 13.8 Å². The third-order valence-corrected chi connectivity index (χ3v) is 3.12. The summed E-state index contributed by atoms with van der Waals surface area (Å²) in [4.78, 5) is 0. The minimum absolute atomic E-state index is 0.130. The van der Waals surface area contributed by atoms with Crippen LogP contribution in [-0.2, 0) is 18.9 Å². The van der Waals surface area contributed by atoms with Crippen molar-refractivity contribution in [3.63, 3.8) is 0 Å². The van der Waals surface area contributed by atoms with Crippen LogP contribution in [0.4, 0.5) is 0 Å². The number of aliphatic hydroxyl groups excluding tert-OH is 2. The summed E-state index contributed by atoms with van der Waals surface area (Å²) in [5, 5.41) is 18.4. The van der Waals surface area contributed by atoms with E-state index in [9.17, 15) is 5.11 Å². The molecule has 0 aliphatic carbocycles. The van der Waals surface area contributed by atoms with E-state index in [1.54, 1.807) is 13.8 Å². The van der Waals surface area contributed by atoms with Gasteiger partial charge in [-0.2, -0.15) is 0 Å². The Labute approximate surface area is 95.1 Å². The van der Waals surface area contributed by atoms with Gasteiger partial charge in [0.2, 0.25) is 11.6 Å². The standard InChI is InChI=1S/C10H20O6/c1-9(13-3)10(2,14-4)16-8(6-15-9)7(12)5-11/h7-8,11-12H,5-6H2,1-4H3/t7-,8-,9-,10-/m0/s1. The lowest BCUT2D eigenvalue weighted by Gasteiger charge is -2.49. The number of hydrogen-bond acceptors (Lipinski definition) is 6. The summed E-state index contributed by atoms with van der Waals surface area (Å²) in [6, 6.07) is 0. The molecule has 0 bridgehead atoms. The van der Waals surface area contributed by atoms with Gasteiger partial charge < -0.3 is 29.2 Å². The average molecular weight is 236 g/mol. The van der Waals surface area contributed by atoms with Crippen LogP contribution in [0.3, 0.4) is 0 Å². The number of aliphatic hydroxyl groups is 2. The minimum atomic E-state index is -1.14. The molecular weight excluding hydrogens is 216 g/mol. The van der Waals surface area contributed by atoms with Crippen molar-refractivity contribution in [3.8, 4) is 0 Å². The van der Waals surface area contributed by atoms with Crippen LogP contribution in [0.25, 0.3) is 0 Å². The molecule has 6 nitrogen and oxygen atoms in total. The van der Waals surface area contributed by atoms with Crippen LogP contribution in [0.15, 0.2) is 0 Å². The number of methoxy groups -OCH3 is 2. The largest absolute Gasteiger partial charge is 0.394 e. The number of ether oxygens (including phenoxy) is 4. The van der Waals surface area contributed by atoms with Crippen molar-refractivity contribution in [2.24, 2.45) is 0 Å². The summed E-state index contributed by atoms with van der Waals surface area (Å²) in [5.41, 5.74) is 0. The van der Waals surface area contributed by atoms with Gasteiger partial charge >= 0.3 is 0 Å². The molecule has 1 aliphatic heterocycles. The molecule has 16 heavy (non-hydrogen) atoms. The highest BCUT2D eigenvalue weighted by molar-refractivity contribution is 4.88. The predicted molar refractivity (Wildman–Crippen MR) is 54.7 cm³/mol. The maximum Gasteiger partial charge on any atom is 0.220 e. The van der Waals surface area contributed by atoms with Gasteiger partial charge in [0.25, 0.3) is 0 Å². The Morgan fingerprint density at radius 3 is 2.31 bits per heavy atom. The first-order valence-electron chi connectivity index (χ1n) is 5.13. The summed E-state index contributed by atoms with van der Waals surface area (Å²) in [7, 11) is 2.96. The molecular formula is C10H20O6. The van der Waals surface area contributed by atoms with Crippen molar-refractivity contribution >= 4 is 0 Å². The Kier molecular flexibility index (Phi) is 4.28. The molecule has 0 aromatic rings. The van der Waals surface area contributed by atoms with Crippen molar-refractivity contribution in [2.75, 3.05) is 27.4 Å². The molecule has 1 saturated heterocycles. The first-order chi connectivity index (χ1) is 7.42. The molecule has 0 saturated carbocycles.